The SMILES string of the molecule is COC(=O)[C@@]12[C@@H]3[C@@H]([C@@H]4C[C@H]3c3ccccc34)[C@]1(C(=O)OC)N2Cc1ccccc1. The third-order valence-corrected chi connectivity index (χ3v) is 8.08. The summed E-state index contributed by atoms with van der Waals surface area (Å²) < 4.78 is 10.6. The van der Waals surface area contributed by atoms with Gasteiger partial charge in [-0.3, -0.25) is 4.90 Å². The van der Waals surface area contributed by atoms with Crippen LogP contribution in [0.1, 0.15) is 34.9 Å². The second kappa shape index (κ2) is 5.48. The van der Waals surface area contributed by atoms with Gasteiger partial charge in [-0.25, -0.2) is 9.59 Å². The highest BCUT2D eigenvalue weighted by Gasteiger charge is 3.01. The average Bonchev–Trinajstić information content (AvgIpc) is 3.02. The van der Waals surface area contributed by atoms with Gasteiger partial charge in [-0.05, 0) is 34.9 Å². The Bertz CT molecular complexity index is 975. The molecule has 7 atom stereocenters. The van der Waals surface area contributed by atoms with Gasteiger partial charge < -0.3 is 9.47 Å². The molecule has 2 bridgehead atoms. The summed E-state index contributed by atoms with van der Waals surface area (Å²) in [4.78, 5) is 28.6. The number of methoxy groups -OCH3 is 2. The van der Waals surface area contributed by atoms with Crippen LogP contribution in [0.5, 0.6) is 0 Å². The zero-order valence-corrected chi connectivity index (χ0v) is 16.5. The summed E-state index contributed by atoms with van der Waals surface area (Å²) in [6.07, 6.45) is 1.01. The normalized spacial score (nSPS) is 39.6. The van der Waals surface area contributed by atoms with Crippen molar-refractivity contribution in [3.63, 3.8) is 0 Å². The van der Waals surface area contributed by atoms with Crippen LogP contribution in [0.4, 0.5) is 0 Å². The van der Waals surface area contributed by atoms with Gasteiger partial charge in [-0.1, -0.05) is 54.6 Å². The number of fused-ring (bicyclic) bond motifs is 11. The highest BCUT2D eigenvalue weighted by molar-refractivity contribution is 6.06. The number of hydrogen-bond acceptors (Lipinski definition) is 5. The van der Waals surface area contributed by atoms with Crippen LogP contribution in [0.25, 0.3) is 0 Å². The van der Waals surface area contributed by atoms with E-state index in [1.54, 1.807) is 0 Å². The van der Waals surface area contributed by atoms with Crippen LogP contribution in [0.15, 0.2) is 54.6 Å². The molecular weight excluding hydrogens is 366 g/mol. The van der Waals surface area contributed by atoms with Crippen LogP contribution in [0, 0.1) is 11.8 Å². The van der Waals surface area contributed by atoms with Gasteiger partial charge in [-0.2, -0.15) is 0 Å². The van der Waals surface area contributed by atoms with E-state index in [1.165, 1.54) is 25.3 Å². The molecule has 1 heterocycles. The highest BCUT2D eigenvalue weighted by Crippen LogP contribution is 2.85. The molecule has 0 aromatic heterocycles. The molecule has 2 saturated carbocycles. The van der Waals surface area contributed by atoms with Crippen LogP contribution in [-0.2, 0) is 25.6 Å². The van der Waals surface area contributed by atoms with Crippen LogP contribution in [0.2, 0.25) is 0 Å². The molecule has 148 valence electrons. The predicted octanol–water partition coefficient (Wildman–Crippen LogP) is 2.86. The molecule has 3 fully saturated rings. The molecule has 1 aliphatic heterocycles. The number of carbonyl (C=O) groups excluding carboxylic acids is 2. The fraction of sp³-hybridized carbons (Fsp3) is 0.417. The lowest BCUT2D eigenvalue weighted by Crippen LogP contribution is -2.64. The van der Waals surface area contributed by atoms with E-state index in [2.05, 4.69) is 29.2 Å². The fourth-order valence-electron chi connectivity index (χ4n) is 7.35. The van der Waals surface area contributed by atoms with E-state index in [1.807, 2.05) is 30.3 Å². The molecule has 0 amide bonds. The Morgan fingerprint density at radius 3 is 1.83 bits per heavy atom. The van der Waals surface area contributed by atoms with Crippen molar-refractivity contribution in [1.82, 2.24) is 4.90 Å². The van der Waals surface area contributed by atoms with E-state index < -0.39 is 11.1 Å². The Morgan fingerprint density at radius 1 is 0.862 bits per heavy atom. The quantitative estimate of drug-likeness (QED) is 0.457. The molecule has 2 aromatic carbocycles. The highest BCUT2D eigenvalue weighted by atomic mass is 16.5. The number of ether oxygens (including phenoxy) is 2. The van der Waals surface area contributed by atoms with Crippen LogP contribution in [-0.4, -0.2) is 42.1 Å². The lowest BCUT2D eigenvalue weighted by atomic mass is 9.51. The molecule has 0 radical (unpaired) electrons. The molecule has 1 unspecified atom stereocenters. The number of esters is 2. The van der Waals surface area contributed by atoms with E-state index in [9.17, 15) is 9.59 Å². The van der Waals surface area contributed by atoms with Gasteiger partial charge in [0.05, 0.1) is 14.2 Å². The first-order valence-electron chi connectivity index (χ1n) is 10.2. The molecule has 2 aromatic rings. The van der Waals surface area contributed by atoms with E-state index in [0.717, 1.165) is 12.0 Å². The van der Waals surface area contributed by atoms with Crippen molar-refractivity contribution in [2.75, 3.05) is 14.2 Å². The van der Waals surface area contributed by atoms with E-state index in [-0.39, 0.29) is 23.8 Å². The fourth-order valence-corrected chi connectivity index (χ4v) is 7.35. The van der Waals surface area contributed by atoms with Crippen LogP contribution in [0.3, 0.4) is 0 Å². The summed E-state index contributed by atoms with van der Waals surface area (Å²) in [5, 5.41) is 0. The lowest BCUT2D eigenvalue weighted by molar-refractivity contribution is -0.162. The van der Waals surface area contributed by atoms with Gasteiger partial charge in [0.1, 0.15) is 0 Å². The number of hydrogen-bond donors (Lipinski definition) is 0. The van der Waals surface area contributed by atoms with Gasteiger partial charge in [0.2, 0.25) is 0 Å². The second-order valence-electron chi connectivity index (χ2n) is 8.72. The topological polar surface area (TPSA) is 55.6 Å². The summed E-state index contributed by atoms with van der Waals surface area (Å²) in [6, 6.07) is 18.5. The third-order valence-electron chi connectivity index (χ3n) is 8.08. The van der Waals surface area contributed by atoms with Gasteiger partial charge in [0.15, 0.2) is 11.1 Å². The van der Waals surface area contributed by atoms with Gasteiger partial charge in [0, 0.05) is 18.4 Å². The van der Waals surface area contributed by atoms with E-state index in [4.69, 9.17) is 9.47 Å². The number of benzene rings is 2. The zero-order valence-electron chi connectivity index (χ0n) is 16.5. The Kier molecular flexibility index (Phi) is 3.25. The van der Waals surface area contributed by atoms with Gasteiger partial charge in [-0.15, -0.1) is 0 Å². The van der Waals surface area contributed by atoms with E-state index in [0.29, 0.717) is 18.4 Å². The predicted molar refractivity (Wildman–Crippen MR) is 105 cm³/mol. The molecule has 0 N–H and O–H groups in total. The standard InChI is InChI=1S/C24H23NO4/c1-28-21(26)23-19-17-12-18(16-11-7-6-10-15(16)17)20(19)24(23,22(27)29-2)25(23)13-14-8-4-3-5-9-14/h3-11,17-20H,12-13H2,1-2H3/t17-,18+,19-,20+,23-,24+,25?. The summed E-state index contributed by atoms with van der Waals surface area (Å²) in [5.41, 5.74) is 1.93. The maximum atomic E-state index is 13.2. The summed E-state index contributed by atoms with van der Waals surface area (Å²) in [6.45, 7) is 0.536. The Morgan fingerprint density at radius 2 is 1.34 bits per heavy atom. The molecule has 1 saturated heterocycles. The molecule has 5 heteroatoms. The first kappa shape index (κ1) is 17.2. The molecule has 4 aliphatic rings. The van der Waals surface area contributed by atoms with Crippen molar-refractivity contribution in [2.24, 2.45) is 11.8 Å². The molecule has 6 rings (SSSR count). The maximum Gasteiger partial charge on any atom is 0.329 e. The Balaban J connectivity index is 1.50. The van der Waals surface area contributed by atoms with Gasteiger partial charge in [0.25, 0.3) is 0 Å². The lowest BCUT2D eigenvalue weighted by Gasteiger charge is -2.48. The molecular formula is C24H23NO4. The van der Waals surface area contributed by atoms with Crippen LogP contribution < -0.4 is 0 Å². The van der Waals surface area contributed by atoms with Crippen molar-refractivity contribution in [3.8, 4) is 0 Å². The monoisotopic (exact) mass is 389 g/mol. The van der Waals surface area contributed by atoms with Crippen molar-refractivity contribution in [2.45, 2.75) is 35.9 Å². The van der Waals surface area contributed by atoms with Crippen molar-refractivity contribution in [3.05, 3.63) is 71.3 Å². The van der Waals surface area contributed by atoms with E-state index >= 15 is 0 Å². The minimum atomic E-state index is -0.914. The smallest absolute Gasteiger partial charge is 0.329 e. The van der Waals surface area contributed by atoms with Crippen molar-refractivity contribution < 1.29 is 19.1 Å². The molecule has 29 heavy (non-hydrogen) atoms. The maximum absolute atomic E-state index is 13.2. The molecule has 3 aliphatic carbocycles. The van der Waals surface area contributed by atoms with Crippen molar-refractivity contribution >= 4 is 11.9 Å². The summed E-state index contributed by atoms with van der Waals surface area (Å²) in [7, 11) is 2.85. The zero-order chi connectivity index (χ0) is 20.0. The molecule has 0 spiro atoms. The Hall–Kier alpha value is -2.66. The van der Waals surface area contributed by atoms with Crippen molar-refractivity contribution in [1.29, 1.82) is 0 Å². The summed E-state index contributed by atoms with van der Waals surface area (Å²) >= 11 is 0. The molecule has 5 nitrogen and oxygen atoms in total. The number of likely N-dealkylation sites (tertiary alicyclic amines) is 1. The first-order valence-corrected chi connectivity index (χ1v) is 10.2. The first-order chi connectivity index (χ1) is 14.1. The second-order valence-corrected chi connectivity index (χ2v) is 8.72. The number of nitrogens with zero attached hydrogens (tertiary/aromatic N) is 1. The number of rotatable bonds is 4. The minimum absolute atomic E-state index is 0.0951. The minimum Gasteiger partial charge on any atom is -0.468 e. The third kappa shape index (κ3) is 1.65. The number of carbonyl (C=O) groups is 2. The Labute approximate surface area is 169 Å². The largest absolute Gasteiger partial charge is 0.468 e. The average molecular weight is 389 g/mol. The summed E-state index contributed by atoms with van der Waals surface area (Å²) in [5.74, 6) is 0.170. The van der Waals surface area contributed by atoms with Crippen LogP contribution >= 0.6 is 0 Å². The van der Waals surface area contributed by atoms with Gasteiger partial charge >= 0.3 is 11.9 Å².